The Morgan fingerprint density at radius 3 is 2.17 bits per heavy atom. The summed E-state index contributed by atoms with van der Waals surface area (Å²) in [6, 6.07) is 13.8. The number of hydrogen-bond donors (Lipinski definition) is 0. The Labute approximate surface area is 187 Å². The van der Waals surface area contributed by atoms with Crippen LogP contribution in [-0.2, 0) is 13.1 Å². The van der Waals surface area contributed by atoms with E-state index in [2.05, 4.69) is 17.1 Å². The van der Waals surface area contributed by atoms with Crippen LogP contribution in [0.2, 0.25) is 0 Å². The highest BCUT2D eigenvalue weighted by molar-refractivity contribution is 7.13. The zero-order valence-electron chi connectivity index (χ0n) is 16.5. The number of carbonyl (C=O) groups excluding carboxylic acids is 1. The third-order valence-corrected chi connectivity index (χ3v) is 7.11. The van der Waals surface area contributed by atoms with Crippen molar-refractivity contribution >= 4 is 39.9 Å². The van der Waals surface area contributed by atoms with Crippen LogP contribution in [0.15, 0.2) is 58.6 Å². The topological polar surface area (TPSA) is 51.7 Å². The molecule has 154 valence electrons. The second kappa shape index (κ2) is 9.42. The fourth-order valence-electron chi connectivity index (χ4n) is 3.02. The summed E-state index contributed by atoms with van der Waals surface area (Å²) >= 11 is 4.75. The molecule has 5 nitrogen and oxygen atoms in total. The van der Waals surface area contributed by atoms with Crippen LogP contribution in [0.25, 0.3) is 10.6 Å². The van der Waals surface area contributed by atoms with Crippen molar-refractivity contribution < 1.29 is 14.3 Å². The molecule has 4 aromatic rings. The molecule has 0 spiro atoms. The maximum absolute atomic E-state index is 13.3. The molecule has 4 rings (SSSR count). The van der Waals surface area contributed by atoms with E-state index >= 15 is 0 Å². The van der Waals surface area contributed by atoms with Crippen LogP contribution in [-0.4, -0.2) is 30.0 Å². The van der Waals surface area contributed by atoms with Crippen LogP contribution in [0.1, 0.15) is 20.2 Å². The van der Waals surface area contributed by atoms with E-state index in [1.807, 2.05) is 51.4 Å². The van der Waals surface area contributed by atoms with Crippen molar-refractivity contribution in [3.05, 3.63) is 74.1 Å². The van der Waals surface area contributed by atoms with Gasteiger partial charge in [-0.15, -0.1) is 34.0 Å². The van der Waals surface area contributed by atoms with Gasteiger partial charge in [-0.25, -0.2) is 4.98 Å². The van der Waals surface area contributed by atoms with Crippen LogP contribution in [0.3, 0.4) is 0 Å². The molecule has 1 aromatic carbocycles. The van der Waals surface area contributed by atoms with Gasteiger partial charge in [-0.1, -0.05) is 12.1 Å². The minimum Gasteiger partial charge on any atom is -0.493 e. The highest BCUT2D eigenvalue weighted by Crippen LogP contribution is 2.34. The summed E-state index contributed by atoms with van der Waals surface area (Å²) in [6.07, 6.45) is 0. The summed E-state index contributed by atoms with van der Waals surface area (Å²) < 4.78 is 10.7. The summed E-state index contributed by atoms with van der Waals surface area (Å²) in [5, 5.41) is 6.65. The molecule has 0 aliphatic rings. The van der Waals surface area contributed by atoms with Crippen LogP contribution >= 0.6 is 34.0 Å². The molecule has 0 unspecified atom stereocenters. The first-order valence-electron chi connectivity index (χ1n) is 9.20. The second-order valence-corrected chi connectivity index (χ2v) is 9.35. The summed E-state index contributed by atoms with van der Waals surface area (Å²) in [5.74, 6) is 1.22. The zero-order chi connectivity index (χ0) is 20.9. The third kappa shape index (κ3) is 4.56. The lowest BCUT2D eigenvalue weighted by atomic mass is 10.2. The van der Waals surface area contributed by atoms with Gasteiger partial charge in [0.05, 0.1) is 27.3 Å². The van der Waals surface area contributed by atoms with Gasteiger partial charge in [0.2, 0.25) is 0 Å². The molecule has 8 heteroatoms. The Morgan fingerprint density at radius 2 is 1.60 bits per heavy atom. The third-order valence-electron chi connectivity index (χ3n) is 4.49. The van der Waals surface area contributed by atoms with E-state index < -0.39 is 0 Å². The molecule has 0 atom stereocenters. The molecular formula is C22H20N2O3S3. The van der Waals surface area contributed by atoms with Crippen molar-refractivity contribution in [2.75, 3.05) is 14.2 Å². The predicted molar refractivity (Wildman–Crippen MR) is 123 cm³/mol. The fraction of sp³-hybridized carbons (Fsp3) is 0.182. The number of benzene rings is 1. The lowest BCUT2D eigenvalue weighted by molar-refractivity contribution is 0.0728. The normalized spacial score (nSPS) is 10.7. The number of hydrogen-bond acceptors (Lipinski definition) is 7. The summed E-state index contributed by atoms with van der Waals surface area (Å²) in [5.41, 5.74) is 1.35. The molecule has 3 aromatic heterocycles. The molecule has 0 aliphatic heterocycles. The van der Waals surface area contributed by atoms with Gasteiger partial charge < -0.3 is 14.4 Å². The van der Waals surface area contributed by atoms with E-state index in [1.54, 1.807) is 36.9 Å². The Kier molecular flexibility index (Phi) is 6.47. The number of rotatable bonds is 8. The number of nitrogens with zero attached hydrogens (tertiary/aromatic N) is 2. The maximum Gasteiger partial charge on any atom is 0.274 e. The Morgan fingerprint density at radius 1 is 0.933 bits per heavy atom. The molecule has 0 aliphatic carbocycles. The van der Waals surface area contributed by atoms with Crippen molar-refractivity contribution in [3.8, 4) is 22.1 Å². The largest absolute Gasteiger partial charge is 0.493 e. The molecule has 30 heavy (non-hydrogen) atoms. The number of methoxy groups -OCH3 is 2. The standard InChI is InChI=1S/C22H20N2O3S3/c1-26-19-8-7-15(11-20(19)27-2)21-23-18(14-30-21)22(25)24(12-16-5-3-9-28-16)13-17-6-4-10-29-17/h3-11,14H,12-13H2,1-2H3. The van der Waals surface area contributed by atoms with Gasteiger partial charge in [0.1, 0.15) is 10.7 Å². The lowest BCUT2D eigenvalue weighted by Crippen LogP contribution is -2.29. The number of thiophene rings is 2. The van der Waals surface area contributed by atoms with E-state index in [-0.39, 0.29) is 5.91 Å². The zero-order valence-corrected chi connectivity index (χ0v) is 19.0. The molecule has 1 amide bonds. The van der Waals surface area contributed by atoms with Crippen LogP contribution in [0, 0.1) is 0 Å². The van der Waals surface area contributed by atoms with Crippen LogP contribution in [0.4, 0.5) is 0 Å². The van der Waals surface area contributed by atoms with E-state index in [0.717, 1.165) is 20.3 Å². The maximum atomic E-state index is 13.3. The predicted octanol–water partition coefficient (Wildman–Crippen LogP) is 5.79. The minimum absolute atomic E-state index is 0.0697. The van der Waals surface area contributed by atoms with Crippen molar-refractivity contribution in [1.82, 2.24) is 9.88 Å². The number of thiazole rings is 1. The molecular weight excluding hydrogens is 436 g/mol. The molecule has 0 N–H and O–H groups in total. The Bertz CT molecular complexity index is 1070. The SMILES string of the molecule is COc1ccc(-c2nc(C(=O)N(Cc3cccs3)Cc3cccs3)cs2)cc1OC. The summed E-state index contributed by atoms with van der Waals surface area (Å²) in [7, 11) is 3.21. The van der Waals surface area contributed by atoms with E-state index in [0.29, 0.717) is 30.3 Å². The smallest absolute Gasteiger partial charge is 0.274 e. The highest BCUT2D eigenvalue weighted by Gasteiger charge is 2.21. The Hall–Kier alpha value is -2.68. The monoisotopic (exact) mass is 456 g/mol. The van der Waals surface area contributed by atoms with Crippen LogP contribution < -0.4 is 9.47 Å². The average molecular weight is 457 g/mol. The van der Waals surface area contributed by atoms with Gasteiger partial charge >= 0.3 is 0 Å². The molecule has 0 radical (unpaired) electrons. The van der Waals surface area contributed by atoms with Crippen molar-refractivity contribution in [2.45, 2.75) is 13.1 Å². The molecule has 3 heterocycles. The number of aromatic nitrogens is 1. The van der Waals surface area contributed by atoms with E-state index in [1.165, 1.54) is 11.3 Å². The number of carbonyl (C=O) groups is 1. The Balaban J connectivity index is 1.59. The van der Waals surface area contributed by atoms with Gasteiger partial charge in [-0.05, 0) is 41.1 Å². The first kappa shape index (κ1) is 20.6. The highest BCUT2D eigenvalue weighted by atomic mass is 32.1. The second-order valence-electron chi connectivity index (χ2n) is 6.43. The fourth-order valence-corrected chi connectivity index (χ4v) is 5.25. The number of amides is 1. The molecule has 0 saturated heterocycles. The van der Waals surface area contributed by atoms with Crippen LogP contribution in [0.5, 0.6) is 11.5 Å². The van der Waals surface area contributed by atoms with Gasteiger partial charge in [0.15, 0.2) is 11.5 Å². The minimum atomic E-state index is -0.0697. The van der Waals surface area contributed by atoms with E-state index in [9.17, 15) is 4.79 Å². The quantitative estimate of drug-likeness (QED) is 0.337. The van der Waals surface area contributed by atoms with Gasteiger partial charge in [-0.2, -0.15) is 0 Å². The lowest BCUT2D eigenvalue weighted by Gasteiger charge is -2.20. The van der Waals surface area contributed by atoms with Gasteiger partial charge in [-0.3, -0.25) is 4.79 Å². The summed E-state index contributed by atoms with van der Waals surface area (Å²) in [4.78, 5) is 22.1. The molecule has 0 bridgehead atoms. The van der Waals surface area contributed by atoms with Gasteiger partial charge in [0.25, 0.3) is 5.91 Å². The molecule has 0 fully saturated rings. The van der Waals surface area contributed by atoms with Gasteiger partial charge in [0, 0.05) is 20.7 Å². The van der Waals surface area contributed by atoms with Crippen molar-refractivity contribution in [2.24, 2.45) is 0 Å². The average Bonchev–Trinajstić information content (AvgIpc) is 3.55. The molecule has 0 saturated carbocycles. The van der Waals surface area contributed by atoms with Crippen molar-refractivity contribution in [3.63, 3.8) is 0 Å². The first-order chi connectivity index (χ1) is 14.7. The number of ether oxygens (including phenoxy) is 2. The first-order valence-corrected chi connectivity index (χ1v) is 11.8. The van der Waals surface area contributed by atoms with E-state index in [4.69, 9.17) is 9.47 Å². The summed E-state index contributed by atoms with van der Waals surface area (Å²) in [6.45, 7) is 1.13. The van der Waals surface area contributed by atoms with Crippen molar-refractivity contribution in [1.29, 1.82) is 0 Å².